The molecule has 0 aromatic carbocycles. The van der Waals surface area contributed by atoms with Crippen molar-refractivity contribution in [1.29, 1.82) is 0 Å². The lowest BCUT2D eigenvalue weighted by molar-refractivity contribution is -0.121. The van der Waals surface area contributed by atoms with Gasteiger partial charge in [0.2, 0.25) is 5.91 Å². The number of hydrogen-bond donors (Lipinski definition) is 1. The van der Waals surface area contributed by atoms with Crippen LogP contribution in [0.5, 0.6) is 0 Å². The van der Waals surface area contributed by atoms with E-state index in [-0.39, 0.29) is 22.9 Å². The Morgan fingerprint density at radius 3 is 2.26 bits per heavy atom. The van der Waals surface area contributed by atoms with Gasteiger partial charge in [-0.25, -0.2) is 0 Å². The smallest absolute Gasteiger partial charge is 0.220 e. The van der Waals surface area contributed by atoms with Gasteiger partial charge in [-0.2, -0.15) is 0 Å². The van der Waals surface area contributed by atoms with Crippen LogP contribution in [0.3, 0.4) is 0 Å². The Balaban J connectivity index is 0. The van der Waals surface area contributed by atoms with E-state index < -0.39 is 0 Å². The molecule has 114 valence electrons. The van der Waals surface area contributed by atoms with Crippen LogP contribution < -0.4 is 5.32 Å². The van der Waals surface area contributed by atoms with Gasteiger partial charge >= 0.3 is 0 Å². The zero-order valence-electron chi connectivity index (χ0n) is 12.6. The van der Waals surface area contributed by atoms with Gasteiger partial charge in [-0.1, -0.05) is 31.8 Å². The van der Waals surface area contributed by atoms with Crippen LogP contribution in [0.1, 0.15) is 51.4 Å². The van der Waals surface area contributed by atoms with E-state index in [2.05, 4.69) is 16.8 Å². The quantitative estimate of drug-likeness (QED) is 0.437. The number of unbranched alkanes of at least 4 members (excludes halogenated alkanes) is 6. The van der Waals surface area contributed by atoms with Gasteiger partial charge in [-0.15, -0.1) is 23.6 Å². The molecule has 0 saturated heterocycles. The molecule has 0 aliphatic rings. The molecule has 0 spiro atoms. The minimum atomic E-state index is 0. The summed E-state index contributed by atoms with van der Waals surface area (Å²) < 4.78 is 0. The zero-order valence-corrected chi connectivity index (χ0v) is 14.3. The van der Waals surface area contributed by atoms with E-state index in [9.17, 15) is 4.79 Å². The van der Waals surface area contributed by atoms with Crippen LogP contribution in [0.15, 0.2) is 12.7 Å². The van der Waals surface area contributed by atoms with Gasteiger partial charge in [0, 0.05) is 19.5 Å². The maximum absolute atomic E-state index is 11.5. The summed E-state index contributed by atoms with van der Waals surface area (Å²) in [5.41, 5.74) is 0. The van der Waals surface area contributed by atoms with E-state index in [0.717, 1.165) is 25.9 Å². The Morgan fingerprint density at radius 1 is 1.11 bits per heavy atom. The fraction of sp³-hybridized carbons (Fsp3) is 0.800. The SMILES string of the molecule is Br.C=CCCCCCCCCC(=O)NCCN(C)C. The molecule has 4 heteroatoms. The summed E-state index contributed by atoms with van der Waals surface area (Å²) in [6.07, 6.45) is 11.1. The van der Waals surface area contributed by atoms with Crippen molar-refractivity contribution in [3.8, 4) is 0 Å². The van der Waals surface area contributed by atoms with Crippen molar-refractivity contribution in [2.75, 3.05) is 27.2 Å². The van der Waals surface area contributed by atoms with Gasteiger partial charge in [-0.3, -0.25) is 4.79 Å². The first-order chi connectivity index (χ1) is 8.66. The van der Waals surface area contributed by atoms with Crippen LogP contribution in [-0.2, 0) is 4.79 Å². The molecule has 0 heterocycles. The fourth-order valence-corrected chi connectivity index (χ4v) is 1.79. The lowest BCUT2D eigenvalue weighted by Crippen LogP contribution is -2.31. The molecule has 0 radical (unpaired) electrons. The molecule has 3 nitrogen and oxygen atoms in total. The van der Waals surface area contributed by atoms with E-state index in [1.54, 1.807) is 0 Å². The van der Waals surface area contributed by atoms with Crippen LogP contribution in [0, 0.1) is 0 Å². The molecule has 0 rings (SSSR count). The van der Waals surface area contributed by atoms with Gasteiger partial charge < -0.3 is 10.2 Å². The summed E-state index contributed by atoms with van der Waals surface area (Å²) in [5, 5.41) is 2.94. The summed E-state index contributed by atoms with van der Waals surface area (Å²) in [5.74, 6) is 0.198. The van der Waals surface area contributed by atoms with Gasteiger partial charge in [0.05, 0.1) is 0 Å². The molecule has 1 N–H and O–H groups in total. The Bertz CT molecular complexity index is 220. The first-order valence-electron chi connectivity index (χ1n) is 7.19. The van der Waals surface area contributed by atoms with Crippen LogP contribution in [0.2, 0.25) is 0 Å². The molecule has 0 atom stereocenters. The van der Waals surface area contributed by atoms with Crippen molar-refractivity contribution in [3.63, 3.8) is 0 Å². The van der Waals surface area contributed by atoms with Crippen LogP contribution >= 0.6 is 17.0 Å². The third-order valence-electron chi connectivity index (χ3n) is 2.94. The van der Waals surface area contributed by atoms with Crippen molar-refractivity contribution in [3.05, 3.63) is 12.7 Å². The summed E-state index contributed by atoms with van der Waals surface area (Å²) in [6.45, 7) is 5.38. The van der Waals surface area contributed by atoms with Crippen molar-refractivity contribution in [1.82, 2.24) is 10.2 Å². The summed E-state index contributed by atoms with van der Waals surface area (Å²) in [4.78, 5) is 13.5. The van der Waals surface area contributed by atoms with E-state index in [1.807, 2.05) is 20.2 Å². The molecule has 0 aromatic heterocycles. The number of hydrogen-bond acceptors (Lipinski definition) is 2. The molecular weight excluding hydrogens is 304 g/mol. The highest BCUT2D eigenvalue weighted by Gasteiger charge is 2.00. The lowest BCUT2D eigenvalue weighted by Gasteiger charge is -2.10. The minimum absolute atomic E-state index is 0. The molecule has 0 fully saturated rings. The predicted molar refractivity (Wildman–Crippen MR) is 89.0 cm³/mol. The molecule has 0 saturated carbocycles. The van der Waals surface area contributed by atoms with Crippen molar-refractivity contribution >= 4 is 22.9 Å². The Labute approximate surface area is 129 Å². The standard InChI is InChI=1S/C15H30N2O.BrH/c1-4-5-6-7-8-9-10-11-12-15(18)16-13-14-17(2)3;/h4H,1,5-14H2,2-3H3,(H,16,18);1H. The largest absolute Gasteiger partial charge is 0.355 e. The highest BCUT2D eigenvalue weighted by Crippen LogP contribution is 2.08. The van der Waals surface area contributed by atoms with Crippen molar-refractivity contribution in [2.45, 2.75) is 51.4 Å². The topological polar surface area (TPSA) is 32.3 Å². The number of rotatable bonds is 12. The Kier molecular flexibility index (Phi) is 17.3. The third-order valence-corrected chi connectivity index (χ3v) is 2.94. The molecule has 1 amide bonds. The van der Waals surface area contributed by atoms with Crippen LogP contribution in [-0.4, -0.2) is 38.0 Å². The number of allylic oxidation sites excluding steroid dienone is 1. The van der Waals surface area contributed by atoms with Crippen molar-refractivity contribution < 1.29 is 4.79 Å². The lowest BCUT2D eigenvalue weighted by atomic mass is 10.1. The molecule has 0 unspecified atom stereocenters. The Morgan fingerprint density at radius 2 is 1.68 bits per heavy atom. The number of carbonyl (C=O) groups is 1. The number of halogens is 1. The maximum Gasteiger partial charge on any atom is 0.220 e. The molecule has 0 bridgehead atoms. The number of nitrogens with one attached hydrogen (secondary N) is 1. The van der Waals surface area contributed by atoms with Gasteiger partial charge in [0.25, 0.3) is 0 Å². The highest BCUT2D eigenvalue weighted by molar-refractivity contribution is 8.93. The second kappa shape index (κ2) is 15.7. The van der Waals surface area contributed by atoms with E-state index in [0.29, 0.717) is 6.42 Å². The number of amides is 1. The first kappa shape index (κ1) is 21.0. The number of carbonyl (C=O) groups excluding carboxylic acids is 1. The zero-order chi connectivity index (χ0) is 13.6. The Hall–Kier alpha value is -0.350. The van der Waals surface area contributed by atoms with E-state index >= 15 is 0 Å². The number of nitrogens with zero attached hydrogens (tertiary/aromatic N) is 1. The average Bonchev–Trinajstić information content (AvgIpc) is 2.32. The van der Waals surface area contributed by atoms with Gasteiger partial charge in [0.1, 0.15) is 0 Å². The molecule has 0 aliphatic carbocycles. The normalized spacial score (nSPS) is 10.1. The van der Waals surface area contributed by atoms with Gasteiger partial charge in [-0.05, 0) is 33.4 Å². The molecule has 19 heavy (non-hydrogen) atoms. The summed E-state index contributed by atoms with van der Waals surface area (Å²) >= 11 is 0. The first-order valence-corrected chi connectivity index (χ1v) is 7.19. The minimum Gasteiger partial charge on any atom is -0.355 e. The second-order valence-electron chi connectivity index (χ2n) is 5.10. The summed E-state index contributed by atoms with van der Waals surface area (Å²) in [7, 11) is 4.02. The number of likely N-dealkylation sites (N-methyl/N-ethyl adjacent to an activating group) is 1. The second-order valence-corrected chi connectivity index (χ2v) is 5.10. The molecule has 0 aromatic rings. The monoisotopic (exact) mass is 334 g/mol. The predicted octanol–water partition coefficient (Wildman–Crippen LogP) is 3.55. The average molecular weight is 335 g/mol. The van der Waals surface area contributed by atoms with Crippen LogP contribution in [0.4, 0.5) is 0 Å². The van der Waals surface area contributed by atoms with Crippen LogP contribution in [0.25, 0.3) is 0 Å². The highest BCUT2D eigenvalue weighted by atomic mass is 79.9. The third kappa shape index (κ3) is 17.6. The maximum atomic E-state index is 11.5. The molecule has 0 aliphatic heterocycles. The van der Waals surface area contributed by atoms with E-state index in [4.69, 9.17) is 0 Å². The molecular formula is C15H31BrN2O. The fourth-order valence-electron chi connectivity index (χ4n) is 1.79. The van der Waals surface area contributed by atoms with Gasteiger partial charge in [0.15, 0.2) is 0 Å². The summed E-state index contributed by atoms with van der Waals surface area (Å²) in [6, 6.07) is 0. The van der Waals surface area contributed by atoms with E-state index in [1.165, 1.54) is 32.1 Å². The van der Waals surface area contributed by atoms with Crippen molar-refractivity contribution in [2.24, 2.45) is 0 Å².